The summed E-state index contributed by atoms with van der Waals surface area (Å²) in [6, 6.07) is 18.7. The number of hydrogen-bond donors (Lipinski definition) is 1. The van der Waals surface area contributed by atoms with E-state index in [1.54, 1.807) is 35.2 Å². The standard InChI is InChI=1S/C25H23N5O5/c26-21-18-22(28-14-27-21)30(15-29-18)23-19-20(32-11-16-7-3-1-4-8-16)25(35-23,12-33-19)13-34-24(31)17-9-5-2-6-10-17/h1-10,14-15,19-20,23H,11-13H2,(H2,26,27,28)/t19-,20+,23-,25-/m1/s1. The van der Waals surface area contributed by atoms with Gasteiger partial charge < -0.3 is 24.7 Å². The van der Waals surface area contributed by atoms with Gasteiger partial charge in [0.05, 0.1) is 25.1 Å². The van der Waals surface area contributed by atoms with Crippen molar-refractivity contribution in [2.45, 2.75) is 30.6 Å². The number of ether oxygens (including phenoxy) is 4. The lowest BCUT2D eigenvalue weighted by molar-refractivity contribution is -0.187. The summed E-state index contributed by atoms with van der Waals surface area (Å²) in [4.78, 5) is 25.4. The van der Waals surface area contributed by atoms with E-state index in [0.29, 0.717) is 23.3 Å². The first-order valence-electron chi connectivity index (χ1n) is 11.2. The van der Waals surface area contributed by atoms with E-state index in [9.17, 15) is 4.79 Å². The molecule has 6 rings (SSSR count). The second-order valence-electron chi connectivity index (χ2n) is 8.59. The maximum absolute atomic E-state index is 12.7. The second kappa shape index (κ2) is 8.73. The van der Waals surface area contributed by atoms with Crippen molar-refractivity contribution in [3.05, 3.63) is 84.4 Å². The average molecular weight is 473 g/mol. The summed E-state index contributed by atoms with van der Waals surface area (Å²) in [6.45, 7) is 0.548. The minimum atomic E-state index is -0.996. The van der Waals surface area contributed by atoms with Crippen LogP contribution in [0.5, 0.6) is 0 Å². The van der Waals surface area contributed by atoms with Crippen LogP contribution in [-0.4, -0.2) is 56.5 Å². The predicted molar refractivity (Wildman–Crippen MR) is 124 cm³/mol. The van der Waals surface area contributed by atoms with E-state index in [-0.39, 0.29) is 19.0 Å². The van der Waals surface area contributed by atoms with Crippen LogP contribution in [0.1, 0.15) is 22.1 Å². The second-order valence-corrected chi connectivity index (χ2v) is 8.59. The minimum Gasteiger partial charge on any atom is -0.459 e. The highest BCUT2D eigenvalue weighted by molar-refractivity contribution is 5.89. The molecule has 0 saturated carbocycles. The zero-order valence-corrected chi connectivity index (χ0v) is 18.7. The summed E-state index contributed by atoms with van der Waals surface area (Å²) in [5.41, 5.74) is 7.45. The van der Waals surface area contributed by atoms with Crippen molar-refractivity contribution in [3.8, 4) is 0 Å². The van der Waals surface area contributed by atoms with Crippen LogP contribution in [0, 0.1) is 0 Å². The Kier molecular flexibility index (Phi) is 5.40. The van der Waals surface area contributed by atoms with Gasteiger partial charge in [-0.15, -0.1) is 0 Å². The van der Waals surface area contributed by atoms with Gasteiger partial charge in [0.15, 0.2) is 23.3 Å². The molecule has 4 aromatic rings. The molecule has 2 aromatic carbocycles. The van der Waals surface area contributed by atoms with Crippen LogP contribution in [-0.2, 0) is 25.6 Å². The maximum atomic E-state index is 12.7. The molecule has 2 bridgehead atoms. The van der Waals surface area contributed by atoms with Gasteiger partial charge in [-0.05, 0) is 17.7 Å². The molecule has 4 heterocycles. The molecule has 10 heteroatoms. The molecular formula is C25H23N5O5. The summed E-state index contributed by atoms with van der Waals surface area (Å²) in [5.74, 6) is -0.160. The van der Waals surface area contributed by atoms with E-state index in [4.69, 9.17) is 24.7 Å². The minimum absolute atomic E-state index is 0.0308. The van der Waals surface area contributed by atoms with Gasteiger partial charge in [0.1, 0.15) is 30.7 Å². The van der Waals surface area contributed by atoms with Crippen molar-refractivity contribution < 1.29 is 23.7 Å². The van der Waals surface area contributed by atoms with E-state index in [2.05, 4.69) is 15.0 Å². The molecule has 2 aliphatic rings. The number of benzene rings is 2. The van der Waals surface area contributed by atoms with E-state index >= 15 is 0 Å². The quantitative estimate of drug-likeness (QED) is 0.403. The number of esters is 1. The van der Waals surface area contributed by atoms with E-state index in [1.165, 1.54) is 6.33 Å². The number of fused-ring (bicyclic) bond motifs is 3. The number of nitrogens with two attached hydrogens (primary N) is 1. The molecule has 178 valence electrons. The van der Waals surface area contributed by atoms with Gasteiger partial charge in [0.2, 0.25) is 0 Å². The first kappa shape index (κ1) is 21.7. The van der Waals surface area contributed by atoms with Crippen LogP contribution >= 0.6 is 0 Å². The molecule has 2 aromatic heterocycles. The number of hydrogen-bond acceptors (Lipinski definition) is 9. The van der Waals surface area contributed by atoms with E-state index < -0.39 is 30.0 Å². The third kappa shape index (κ3) is 3.81. The summed E-state index contributed by atoms with van der Waals surface area (Å²) >= 11 is 0. The molecule has 0 amide bonds. The highest BCUT2D eigenvalue weighted by Gasteiger charge is 2.64. The van der Waals surface area contributed by atoms with Crippen LogP contribution in [0.3, 0.4) is 0 Å². The zero-order chi connectivity index (χ0) is 23.8. The number of imidazole rings is 1. The van der Waals surface area contributed by atoms with Crippen LogP contribution in [0.2, 0.25) is 0 Å². The molecule has 0 radical (unpaired) electrons. The molecule has 10 nitrogen and oxygen atoms in total. The Labute approximate surface area is 200 Å². The maximum Gasteiger partial charge on any atom is 0.338 e. The van der Waals surface area contributed by atoms with Crippen LogP contribution < -0.4 is 5.73 Å². The number of nitrogens with zero attached hydrogens (tertiary/aromatic N) is 4. The molecule has 2 aliphatic heterocycles. The summed E-state index contributed by atoms with van der Waals surface area (Å²) in [6.07, 6.45) is 1.42. The number of aromatic nitrogens is 4. The average Bonchev–Trinajstić information content (AvgIpc) is 3.57. The Morgan fingerprint density at radius 1 is 1.09 bits per heavy atom. The van der Waals surface area contributed by atoms with Gasteiger partial charge in [-0.2, -0.15) is 0 Å². The lowest BCUT2D eigenvalue weighted by Gasteiger charge is -2.31. The Balaban J connectivity index is 1.29. The zero-order valence-electron chi connectivity index (χ0n) is 18.7. The fourth-order valence-corrected chi connectivity index (χ4v) is 4.63. The number of rotatable bonds is 7. The van der Waals surface area contributed by atoms with Gasteiger partial charge in [-0.1, -0.05) is 48.5 Å². The van der Waals surface area contributed by atoms with Gasteiger partial charge >= 0.3 is 5.97 Å². The third-order valence-corrected chi connectivity index (χ3v) is 6.36. The number of carbonyl (C=O) groups excluding carboxylic acids is 1. The first-order chi connectivity index (χ1) is 17.1. The van der Waals surface area contributed by atoms with Crippen molar-refractivity contribution in [1.29, 1.82) is 0 Å². The van der Waals surface area contributed by atoms with Crippen molar-refractivity contribution in [3.63, 3.8) is 0 Å². The van der Waals surface area contributed by atoms with Crippen molar-refractivity contribution in [2.24, 2.45) is 0 Å². The topological polar surface area (TPSA) is 124 Å². The predicted octanol–water partition coefficient (Wildman–Crippen LogP) is 2.52. The Morgan fingerprint density at radius 3 is 2.66 bits per heavy atom. The highest BCUT2D eigenvalue weighted by Crippen LogP contribution is 2.47. The SMILES string of the molecule is Nc1ncnc2c1ncn2[C@@H]1O[C@@]2(COC(=O)c3ccccc3)CO[C@@H]1[C@@H]2OCc1ccccc1. The number of carbonyl (C=O) groups is 1. The summed E-state index contributed by atoms with van der Waals surface area (Å²) in [5, 5.41) is 0. The highest BCUT2D eigenvalue weighted by atomic mass is 16.7. The molecule has 0 aliphatic carbocycles. The fourth-order valence-electron chi connectivity index (χ4n) is 4.63. The number of nitrogen functional groups attached to an aromatic ring is 1. The normalized spacial score (nSPS) is 25.2. The van der Waals surface area contributed by atoms with E-state index in [1.807, 2.05) is 36.4 Å². The number of anilines is 1. The van der Waals surface area contributed by atoms with Crippen molar-refractivity contribution in [1.82, 2.24) is 19.5 Å². The summed E-state index contributed by atoms with van der Waals surface area (Å²) < 4.78 is 26.5. The lowest BCUT2D eigenvalue weighted by Crippen LogP contribution is -2.46. The fraction of sp³-hybridized carbons (Fsp3) is 0.280. The Hall–Kier alpha value is -3.86. The third-order valence-electron chi connectivity index (χ3n) is 6.36. The molecule has 2 fully saturated rings. The monoisotopic (exact) mass is 473 g/mol. The van der Waals surface area contributed by atoms with Crippen LogP contribution in [0.4, 0.5) is 5.82 Å². The first-order valence-corrected chi connectivity index (χ1v) is 11.2. The van der Waals surface area contributed by atoms with Crippen LogP contribution in [0.25, 0.3) is 11.2 Å². The molecular weight excluding hydrogens is 450 g/mol. The van der Waals surface area contributed by atoms with Gasteiger partial charge in [0, 0.05) is 0 Å². The molecule has 0 spiro atoms. The summed E-state index contributed by atoms with van der Waals surface area (Å²) in [7, 11) is 0. The van der Waals surface area contributed by atoms with Gasteiger partial charge in [-0.3, -0.25) is 4.57 Å². The van der Waals surface area contributed by atoms with E-state index in [0.717, 1.165) is 5.56 Å². The Bertz CT molecular complexity index is 1350. The molecule has 2 N–H and O–H groups in total. The molecule has 4 atom stereocenters. The Morgan fingerprint density at radius 2 is 1.86 bits per heavy atom. The lowest BCUT2D eigenvalue weighted by atomic mass is 10.00. The van der Waals surface area contributed by atoms with Crippen molar-refractivity contribution in [2.75, 3.05) is 18.9 Å². The molecule has 0 unspecified atom stereocenters. The van der Waals surface area contributed by atoms with Gasteiger partial charge in [0.25, 0.3) is 0 Å². The van der Waals surface area contributed by atoms with Gasteiger partial charge in [-0.25, -0.2) is 19.7 Å². The van der Waals surface area contributed by atoms with Crippen LogP contribution in [0.15, 0.2) is 73.3 Å². The van der Waals surface area contributed by atoms with Crippen molar-refractivity contribution >= 4 is 23.0 Å². The smallest absolute Gasteiger partial charge is 0.338 e. The largest absolute Gasteiger partial charge is 0.459 e. The molecule has 2 saturated heterocycles. The molecule has 35 heavy (non-hydrogen) atoms.